The van der Waals surface area contributed by atoms with Gasteiger partial charge in [0.1, 0.15) is 12.0 Å². The van der Waals surface area contributed by atoms with Gasteiger partial charge in [0.15, 0.2) is 0 Å². The molecule has 2 aromatic rings. The van der Waals surface area contributed by atoms with Crippen LogP contribution < -0.4 is 5.32 Å². The van der Waals surface area contributed by atoms with Crippen LogP contribution in [0.5, 0.6) is 0 Å². The molecule has 3 atom stereocenters. The smallest absolute Gasteiger partial charge is 0.134 e. The number of nitrogens with zero attached hydrogens (tertiary/aromatic N) is 1. The van der Waals surface area contributed by atoms with Gasteiger partial charge in [-0.1, -0.05) is 50.2 Å². The van der Waals surface area contributed by atoms with Crippen LogP contribution in [-0.4, -0.2) is 35.9 Å². The Morgan fingerprint density at radius 3 is 2.69 bits per heavy atom. The molecule has 0 radical (unpaired) electrons. The maximum atomic E-state index is 14.7. The van der Waals surface area contributed by atoms with E-state index in [2.05, 4.69) is 17.4 Å². The number of benzene rings is 2. The molecule has 1 saturated heterocycles. The number of likely N-dealkylation sites (N-methyl/N-ethyl adjacent to an activating group) is 1. The number of nitrogens with one attached hydrogen (secondary N) is 1. The molecule has 140 valence electrons. The Balaban J connectivity index is 1.81. The highest BCUT2D eigenvalue weighted by atomic mass is 19.1. The van der Waals surface area contributed by atoms with E-state index >= 15 is 0 Å². The van der Waals surface area contributed by atoms with Gasteiger partial charge in [0.05, 0.1) is 0 Å². The minimum atomic E-state index is -0.480. The number of hydrogen-bond acceptors (Lipinski definition) is 3. The van der Waals surface area contributed by atoms with Crippen LogP contribution >= 0.6 is 0 Å². The van der Waals surface area contributed by atoms with Crippen molar-refractivity contribution in [1.82, 2.24) is 10.2 Å². The summed E-state index contributed by atoms with van der Waals surface area (Å²) in [5, 5.41) is 14.0. The lowest BCUT2D eigenvalue weighted by Gasteiger charge is -2.27. The molecular weight excluding hydrogens is 327 g/mol. The Morgan fingerprint density at radius 1 is 1.19 bits per heavy atom. The topological polar surface area (TPSA) is 35.5 Å². The summed E-state index contributed by atoms with van der Waals surface area (Å²) in [6, 6.07) is 14.0. The zero-order chi connectivity index (χ0) is 18.7. The molecule has 0 aliphatic carbocycles. The summed E-state index contributed by atoms with van der Waals surface area (Å²) in [6.07, 6.45) is 2.11. The van der Waals surface area contributed by atoms with Crippen LogP contribution in [0.3, 0.4) is 0 Å². The van der Waals surface area contributed by atoms with E-state index in [0.717, 1.165) is 36.1 Å². The Labute approximate surface area is 155 Å². The van der Waals surface area contributed by atoms with Crippen LogP contribution in [0.25, 0.3) is 11.1 Å². The van der Waals surface area contributed by atoms with E-state index in [9.17, 15) is 9.50 Å². The number of halogens is 1. The third-order valence-electron chi connectivity index (χ3n) is 5.55. The van der Waals surface area contributed by atoms with Crippen molar-refractivity contribution in [2.24, 2.45) is 0 Å². The first-order valence-corrected chi connectivity index (χ1v) is 9.57. The molecule has 2 aromatic carbocycles. The molecule has 0 saturated carbocycles. The number of hydrogen-bond donors (Lipinski definition) is 2. The second-order valence-electron chi connectivity index (χ2n) is 7.15. The third kappa shape index (κ3) is 3.83. The molecule has 4 heteroatoms. The lowest BCUT2D eigenvalue weighted by atomic mass is 9.96. The molecule has 26 heavy (non-hydrogen) atoms. The molecule has 1 aliphatic heterocycles. The molecule has 1 heterocycles. The van der Waals surface area contributed by atoms with Gasteiger partial charge < -0.3 is 10.4 Å². The van der Waals surface area contributed by atoms with Crippen molar-refractivity contribution >= 4 is 0 Å². The average molecular weight is 356 g/mol. The van der Waals surface area contributed by atoms with Crippen molar-refractivity contribution in [3.8, 4) is 11.1 Å². The second-order valence-corrected chi connectivity index (χ2v) is 7.15. The van der Waals surface area contributed by atoms with E-state index in [4.69, 9.17) is 0 Å². The summed E-state index contributed by atoms with van der Waals surface area (Å²) in [5.41, 5.74) is 3.47. The van der Waals surface area contributed by atoms with Crippen molar-refractivity contribution in [3.63, 3.8) is 0 Å². The number of rotatable bonds is 6. The predicted molar refractivity (Wildman–Crippen MR) is 104 cm³/mol. The van der Waals surface area contributed by atoms with E-state index < -0.39 is 6.23 Å². The van der Waals surface area contributed by atoms with Gasteiger partial charge in [0.25, 0.3) is 0 Å². The van der Waals surface area contributed by atoms with Gasteiger partial charge >= 0.3 is 0 Å². The van der Waals surface area contributed by atoms with Crippen molar-refractivity contribution in [2.75, 3.05) is 13.6 Å². The Morgan fingerprint density at radius 2 is 1.96 bits per heavy atom. The number of aliphatic hydroxyl groups excluding tert-OH is 1. The van der Waals surface area contributed by atoms with Crippen molar-refractivity contribution < 1.29 is 9.50 Å². The molecule has 1 aliphatic rings. The quantitative estimate of drug-likeness (QED) is 0.765. The highest BCUT2D eigenvalue weighted by molar-refractivity contribution is 5.66. The first-order valence-electron chi connectivity index (χ1n) is 9.57. The van der Waals surface area contributed by atoms with Gasteiger partial charge in [-0.15, -0.1) is 0 Å². The maximum absolute atomic E-state index is 14.7. The highest BCUT2D eigenvalue weighted by Gasteiger charge is 2.31. The van der Waals surface area contributed by atoms with E-state index in [-0.39, 0.29) is 17.9 Å². The Bertz CT molecular complexity index is 749. The number of aryl methyl sites for hydroxylation is 1. The molecular formula is C22H29FN2O. The van der Waals surface area contributed by atoms with Crippen molar-refractivity contribution in [1.29, 1.82) is 0 Å². The fourth-order valence-corrected chi connectivity index (χ4v) is 3.76. The fraction of sp³-hybridized carbons (Fsp3) is 0.455. The first kappa shape index (κ1) is 19.0. The Hall–Kier alpha value is -1.75. The summed E-state index contributed by atoms with van der Waals surface area (Å²) >= 11 is 0. The minimum absolute atomic E-state index is 0.0637. The molecule has 3 unspecified atom stereocenters. The van der Waals surface area contributed by atoms with Crippen molar-refractivity contribution in [3.05, 3.63) is 59.4 Å². The zero-order valence-corrected chi connectivity index (χ0v) is 15.9. The third-order valence-corrected chi connectivity index (χ3v) is 5.55. The lowest BCUT2D eigenvalue weighted by molar-refractivity contribution is -0.00120. The molecule has 0 spiro atoms. The SMILES string of the molecule is CCc1cccc(-c2cccc(C3CCC(C(O)N(C)CC)N3)c2)c1F. The fourth-order valence-electron chi connectivity index (χ4n) is 3.76. The van der Waals surface area contributed by atoms with Crippen LogP contribution in [0.2, 0.25) is 0 Å². The highest BCUT2D eigenvalue weighted by Crippen LogP contribution is 2.32. The average Bonchev–Trinajstić information content (AvgIpc) is 3.17. The van der Waals surface area contributed by atoms with Gasteiger partial charge in [0, 0.05) is 17.6 Å². The summed E-state index contributed by atoms with van der Waals surface area (Å²) in [7, 11) is 1.93. The van der Waals surface area contributed by atoms with E-state index in [1.165, 1.54) is 0 Å². The summed E-state index contributed by atoms with van der Waals surface area (Å²) in [5.74, 6) is -0.121. The summed E-state index contributed by atoms with van der Waals surface area (Å²) < 4.78 is 14.7. The van der Waals surface area contributed by atoms with Gasteiger partial charge in [-0.2, -0.15) is 0 Å². The van der Waals surface area contributed by atoms with Crippen LogP contribution in [0.15, 0.2) is 42.5 Å². The first-order chi connectivity index (χ1) is 12.5. The molecule has 0 aromatic heterocycles. The molecule has 2 N–H and O–H groups in total. The number of aliphatic hydroxyl groups is 1. The van der Waals surface area contributed by atoms with Crippen LogP contribution in [0.1, 0.15) is 43.9 Å². The summed E-state index contributed by atoms with van der Waals surface area (Å²) in [4.78, 5) is 1.95. The summed E-state index contributed by atoms with van der Waals surface area (Å²) in [6.45, 7) is 4.82. The van der Waals surface area contributed by atoms with E-state index in [0.29, 0.717) is 12.0 Å². The van der Waals surface area contributed by atoms with Crippen LogP contribution in [-0.2, 0) is 6.42 Å². The molecule has 3 nitrogen and oxygen atoms in total. The van der Waals surface area contributed by atoms with Gasteiger partial charge in [-0.25, -0.2) is 4.39 Å². The van der Waals surface area contributed by atoms with Crippen molar-refractivity contribution in [2.45, 2.75) is 51.4 Å². The minimum Gasteiger partial charge on any atom is -0.377 e. The van der Waals surface area contributed by atoms with E-state index in [1.54, 1.807) is 0 Å². The van der Waals surface area contributed by atoms with Gasteiger partial charge in [0.2, 0.25) is 0 Å². The zero-order valence-electron chi connectivity index (χ0n) is 15.9. The molecule has 1 fully saturated rings. The van der Waals surface area contributed by atoms with Gasteiger partial charge in [-0.3, -0.25) is 4.90 Å². The Kier molecular flexibility index (Phi) is 6.07. The molecule has 3 rings (SSSR count). The van der Waals surface area contributed by atoms with Crippen LogP contribution in [0, 0.1) is 5.82 Å². The standard InChI is InChI=1S/C22H29FN2O/c1-4-15-8-7-11-18(21(15)23)16-9-6-10-17(14-16)19-12-13-20(24-19)22(26)25(3)5-2/h6-11,14,19-20,22,24,26H,4-5,12-13H2,1-3H3. The normalized spacial score (nSPS) is 21.3. The second kappa shape index (κ2) is 8.30. The monoisotopic (exact) mass is 356 g/mol. The molecule has 0 bridgehead atoms. The van der Waals surface area contributed by atoms with E-state index in [1.807, 2.05) is 56.1 Å². The maximum Gasteiger partial charge on any atom is 0.134 e. The largest absolute Gasteiger partial charge is 0.377 e. The van der Waals surface area contributed by atoms with Gasteiger partial charge in [-0.05, 0) is 55.6 Å². The lowest BCUT2D eigenvalue weighted by Crippen LogP contribution is -2.46. The van der Waals surface area contributed by atoms with Crippen LogP contribution in [0.4, 0.5) is 4.39 Å². The molecule has 0 amide bonds. The predicted octanol–water partition coefficient (Wildman–Crippen LogP) is 4.12.